The summed E-state index contributed by atoms with van der Waals surface area (Å²) in [6.45, 7) is 0. The summed E-state index contributed by atoms with van der Waals surface area (Å²) in [6.07, 6.45) is 3.23. The molecule has 2 aromatic heterocycles. The van der Waals surface area contributed by atoms with Gasteiger partial charge in [0.25, 0.3) is 5.89 Å². The topological polar surface area (TPSA) is 92.3 Å². The predicted molar refractivity (Wildman–Crippen MR) is 74.0 cm³/mol. The van der Waals surface area contributed by atoms with Crippen molar-refractivity contribution in [3.8, 4) is 34.3 Å². The summed E-state index contributed by atoms with van der Waals surface area (Å²) in [4.78, 5) is 8.17. The number of rotatable bonds is 2. The van der Waals surface area contributed by atoms with Gasteiger partial charge in [0.15, 0.2) is 0 Å². The van der Waals surface area contributed by atoms with Gasteiger partial charge in [0.1, 0.15) is 17.1 Å². The molecule has 0 amide bonds. The zero-order chi connectivity index (χ0) is 14.1. The second-order valence-electron chi connectivity index (χ2n) is 3.99. The summed E-state index contributed by atoms with van der Waals surface area (Å²) >= 11 is 3.31. The van der Waals surface area contributed by atoms with E-state index in [0.717, 1.165) is 4.47 Å². The minimum atomic E-state index is -0.132. The molecular formula is C13H8BrN3O3. The number of pyridine rings is 1. The van der Waals surface area contributed by atoms with Crippen molar-refractivity contribution in [1.29, 1.82) is 0 Å². The van der Waals surface area contributed by atoms with Crippen molar-refractivity contribution < 1.29 is 14.7 Å². The minimum Gasteiger partial charge on any atom is -0.507 e. The summed E-state index contributed by atoms with van der Waals surface area (Å²) in [5.41, 5.74) is 0.762. The van der Waals surface area contributed by atoms with Crippen molar-refractivity contribution in [1.82, 2.24) is 15.1 Å². The Balaban J connectivity index is 2.07. The average molecular weight is 334 g/mol. The van der Waals surface area contributed by atoms with Crippen LogP contribution in [0.2, 0.25) is 0 Å². The van der Waals surface area contributed by atoms with Gasteiger partial charge in [-0.3, -0.25) is 4.98 Å². The van der Waals surface area contributed by atoms with Gasteiger partial charge in [0.05, 0.1) is 0 Å². The van der Waals surface area contributed by atoms with Crippen molar-refractivity contribution in [3.63, 3.8) is 0 Å². The molecule has 0 aliphatic heterocycles. The van der Waals surface area contributed by atoms with Crippen LogP contribution in [-0.4, -0.2) is 25.3 Å². The zero-order valence-electron chi connectivity index (χ0n) is 9.99. The van der Waals surface area contributed by atoms with Gasteiger partial charge in [-0.1, -0.05) is 11.2 Å². The van der Waals surface area contributed by atoms with Crippen LogP contribution in [0.5, 0.6) is 11.5 Å². The van der Waals surface area contributed by atoms with Crippen molar-refractivity contribution in [2.24, 2.45) is 0 Å². The molecule has 2 heterocycles. The molecule has 2 N–H and O–H groups in total. The number of benzene rings is 1. The summed E-state index contributed by atoms with van der Waals surface area (Å²) < 4.78 is 5.87. The van der Waals surface area contributed by atoms with Gasteiger partial charge >= 0.3 is 0 Å². The molecule has 0 saturated heterocycles. The Morgan fingerprint density at radius 2 is 1.85 bits per heavy atom. The summed E-state index contributed by atoms with van der Waals surface area (Å²) in [5, 5.41) is 23.3. The molecule has 0 unspecified atom stereocenters. The van der Waals surface area contributed by atoms with Crippen LogP contribution in [0.25, 0.3) is 22.8 Å². The van der Waals surface area contributed by atoms with Crippen LogP contribution in [0.15, 0.2) is 45.7 Å². The predicted octanol–water partition coefficient (Wildman–Crippen LogP) is 2.97. The zero-order valence-corrected chi connectivity index (χ0v) is 11.6. The number of phenols is 2. The molecule has 0 atom stereocenters. The van der Waals surface area contributed by atoms with Crippen LogP contribution in [0.1, 0.15) is 0 Å². The fourth-order valence-electron chi connectivity index (χ4n) is 1.72. The SMILES string of the molecule is Oc1cccc(O)c1-c1nc(-c2cncc(Br)c2)no1. The van der Waals surface area contributed by atoms with Gasteiger partial charge in [-0.05, 0) is 34.1 Å². The molecule has 0 radical (unpaired) electrons. The summed E-state index contributed by atoms with van der Waals surface area (Å²) in [6, 6.07) is 6.16. The van der Waals surface area contributed by atoms with Crippen LogP contribution in [0, 0.1) is 0 Å². The van der Waals surface area contributed by atoms with Crippen LogP contribution < -0.4 is 0 Å². The number of nitrogens with zero attached hydrogens (tertiary/aromatic N) is 3. The quantitative estimate of drug-likeness (QED) is 0.748. The largest absolute Gasteiger partial charge is 0.507 e. The molecule has 3 aromatic rings. The van der Waals surface area contributed by atoms with E-state index in [2.05, 4.69) is 31.1 Å². The normalized spacial score (nSPS) is 10.7. The lowest BCUT2D eigenvalue weighted by atomic mass is 10.2. The molecule has 3 rings (SSSR count). The van der Waals surface area contributed by atoms with Crippen LogP contribution in [0.4, 0.5) is 0 Å². The van der Waals surface area contributed by atoms with Crippen LogP contribution in [-0.2, 0) is 0 Å². The molecule has 20 heavy (non-hydrogen) atoms. The molecule has 7 heteroatoms. The number of hydrogen-bond donors (Lipinski definition) is 2. The third-order valence-corrected chi connectivity index (χ3v) is 3.06. The summed E-state index contributed by atoms with van der Waals surface area (Å²) in [5.74, 6) is 0.0900. The lowest BCUT2D eigenvalue weighted by molar-refractivity contribution is 0.416. The number of aromatic hydroxyl groups is 2. The summed E-state index contributed by atoms with van der Waals surface area (Å²) in [7, 11) is 0. The Hall–Kier alpha value is -2.41. The highest BCUT2D eigenvalue weighted by Gasteiger charge is 2.17. The molecule has 1 aromatic carbocycles. The van der Waals surface area contributed by atoms with Gasteiger partial charge in [-0.2, -0.15) is 4.98 Å². The number of halogens is 1. The Kier molecular flexibility index (Phi) is 3.11. The monoisotopic (exact) mass is 333 g/mol. The number of phenolic OH excluding ortho intramolecular Hbond substituents is 2. The Bertz CT molecular complexity index is 753. The van der Waals surface area contributed by atoms with E-state index in [-0.39, 0.29) is 23.0 Å². The second kappa shape index (κ2) is 4.93. The Morgan fingerprint density at radius 1 is 1.10 bits per heavy atom. The standard InChI is InChI=1S/C13H8BrN3O3/c14-8-4-7(5-15-6-8)12-16-13(20-17-12)11-9(18)2-1-3-10(11)19/h1-6,18-19H. The Morgan fingerprint density at radius 3 is 2.55 bits per heavy atom. The first-order chi connectivity index (χ1) is 9.65. The molecule has 6 nitrogen and oxygen atoms in total. The third kappa shape index (κ3) is 2.23. The number of aromatic nitrogens is 3. The van der Waals surface area contributed by atoms with E-state index in [0.29, 0.717) is 11.4 Å². The van der Waals surface area contributed by atoms with E-state index in [1.54, 1.807) is 18.5 Å². The number of hydrogen-bond acceptors (Lipinski definition) is 6. The van der Waals surface area contributed by atoms with Crippen LogP contribution >= 0.6 is 15.9 Å². The van der Waals surface area contributed by atoms with E-state index >= 15 is 0 Å². The molecule has 0 aliphatic rings. The highest BCUT2D eigenvalue weighted by molar-refractivity contribution is 9.10. The molecular weight excluding hydrogens is 326 g/mol. The van der Waals surface area contributed by atoms with Gasteiger partial charge in [-0.15, -0.1) is 0 Å². The van der Waals surface area contributed by atoms with E-state index in [1.807, 2.05) is 0 Å². The van der Waals surface area contributed by atoms with Crippen molar-refractivity contribution in [3.05, 3.63) is 41.1 Å². The maximum Gasteiger partial charge on any atom is 0.265 e. The smallest absolute Gasteiger partial charge is 0.265 e. The van der Waals surface area contributed by atoms with E-state index in [9.17, 15) is 10.2 Å². The van der Waals surface area contributed by atoms with Gasteiger partial charge in [0.2, 0.25) is 5.82 Å². The first-order valence-electron chi connectivity index (χ1n) is 5.61. The molecule has 0 aliphatic carbocycles. The van der Waals surface area contributed by atoms with Gasteiger partial charge in [0, 0.05) is 22.4 Å². The van der Waals surface area contributed by atoms with Crippen molar-refractivity contribution in [2.45, 2.75) is 0 Å². The molecule has 0 fully saturated rings. The first kappa shape index (κ1) is 12.6. The molecule has 0 bridgehead atoms. The highest BCUT2D eigenvalue weighted by Crippen LogP contribution is 2.36. The maximum absolute atomic E-state index is 9.76. The fraction of sp³-hybridized carbons (Fsp3) is 0. The van der Waals surface area contributed by atoms with Crippen molar-refractivity contribution >= 4 is 15.9 Å². The van der Waals surface area contributed by atoms with E-state index < -0.39 is 0 Å². The van der Waals surface area contributed by atoms with E-state index in [4.69, 9.17) is 4.52 Å². The maximum atomic E-state index is 9.76. The average Bonchev–Trinajstić information content (AvgIpc) is 2.88. The lowest BCUT2D eigenvalue weighted by Crippen LogP contribution is -1.84. The van der Waals surface area contributed by atoms with Gasteiger partial charge < -0.3 is 14.7 Å². The van der Waals surface area contributed by atoms with Crippen LogP contribution in [0.3, 0.4) is 0 Å². The van der Waals surface area contributed by atoms with Crippen molar-refractivity contribution in [2.75, 3.05) is 0 Å². The first-order valence-corrected chi connectivity index (χ1v) is 6.40. The second-order valence-corrected chi connectivity index (χ2v) is 4.90. The fourth-order valence-corrected chi connectivity index (χ4v) is 2.09. The highest BCUT2D eigenvalue weighted by atomic mass is 79.9. The van der Waals surface area contributed by atoms with Gasteiger partial charge in [-0.25, -0.2) is 0 Å². The molecule has 0 saturated carbocycles. The van der Waals surface area contributed by atoms with E-state index in [1.165, 1.54) is 18.2 Å². The minimum absolute atomic E-state index is 0.0376. The molecule has 100 valence electrons. The third-order valence-electron chi connectivity index (χ3n) is 2.62. The molecule has 0 spiro atoms. The Labute approximate surface area is 121 Å². The lowest BCUT2D eigenvalue weighted by Gasteiger charge is -2.00.